The van der Waals surface area contributed by atoms with Gasteiger partial charge in [-0.1, -0.05) is 149 Å². The molecule has 0 fully saturated rings. The average molecular weight is 691 g/mol. The summed E-state index contributed by atoms with van der Waals surface area (Å²) < 4.78 is 11.1. The largest absolute Gasteiger partial charge is 0.464 e. The van der Waals surface area contributed by atoms with E-state index < -0.39 is 0 Å². The second-order valence-electron chi connectivity index (χ2n) is 17.0. The molecule has 4 nitrogen and oxygen atoms in total. The predicted molar refractivity (Wildman–Crippen MR) is 215 cm³/mol. The first-order chi connectivity index (χ1) is 23.2. The maximum absolute atomic E-state index is 5.76. The minimum Gasteiger partial charge on any atom is -0.464 e. The fraction of sp³-hybridized carbons (Fsp3) is 0.356. The molecule has 0 bridgehead atoms. The molecule has 0 aliphatic carbocycles. The average Bonchev–Trinajstić information content (AvgIpc) is 3.79. The van der Waals surface area contributed by atoms with Gasteiger partial charge in [0.25, 0.3) is 0 Å². The Morgan fingerprint density at radius 1 is 0.520 bits per heavy atom. The van der Waals surface area contributed by atoms with Crippen LogP contribution in [0.5, 0.6) is 0 Å². The normalized spacial score (nSPS) is 12.1. The van der Waals surface area contributed by atoms with Crippen molar-refractivity contribution in [1.29, 1.82) is 0 Å². The molecule has 0 radical (unpaired) electrons. The van der Waals surface area contributed by atoms with Crippen molar-refractivity contribution in [2.24, 2.45) is 0 Å². The molecule has 0 unspecified atom stereocenters. The molecule has 3 heterocycles. The maximum atomic E-state index is 5.76. The molecule has 0 aliphatic heterocycles. The molecule has 4 aromatic carbocycles. The van der Waals surface area contributed by atoms with Gasteiger partial charge in [0.15, 0.2) is 0 Å². The molecule has 0 saturated carbocycles. The Morgan fingerprint density at radius 3 is 1.66 bits per heavy atom. The SMILES string of the molecule is CC(C)(C)c1cc2ccccc2o1.CC(C)(C)c1ccc(Cl)cc1.CC(C)(C)c1ccc2ccoc2c1.CC(C)(C)c1ccc2cn[nH]c2c1. The highest BCUT2D eigenvalue weighted by atomic mass is 35.5. The van der Waals surface area contributed by atoms with E-state index in [9.17, 15) is 0 Å². The lowest BCUT2D eigenvalue weighted by atomic mass is 9.87. The fourth-order valence-corrected chi connectivity index (χ4v) is 5.25. The Labute approximate surface area is 304 Å². The molecule has 7 rings (SSSR count). The van der Waals surface area contributed by atoms with Crippen molar-refractivity contribution in [2.75, 3.05) is 0 Å². The third-order valence-electron chi connectivity index (χ3n) is 8.51. The zero-order chi connectivity index (χ0) is 36.9. The molecule has 0 amide bonds. The van der Waals surface area contributed by atoms with Crippen molar-refractivity contribution in [1.82, 2.24) is 10.2 Å². The van der Waals surface area contributed by atoms with Crippen LogP contribution in [0.15, 0.2) is 118 Å². The fourth-order valence-electron chi connectivity index (χ4n) is 5.13. The smallest absolute Gasteiger partial charge is 0.134 e. The van der Waals surface area contributed by atoms with Crippen LogP contribution in [0.4, 0.5) is 0 Å². The summed E-state index contributed by atoms with van der Waals surface area (Å²) in [5.41, 5.74) is 7.78. The molecule has 1 N–H and O–H groups in total. The van der Waals surface area contributed by atoms with E-state index in [1.807, 2.05) is 42.6 Å². The number of para-hydroxylation sites is 1. The van der Waals surface area contributed by atoms with Crippen molar-refractivity contribution < 1.29 is 8.83 Å². The van der Waals surface area contributed by atoms with Gasteiger partial charge in [-0.2, -0.15) is 5.10 Å². The molecule has 50 heavy (non-hydrogen) atoms. The Hall–Kier alpha value is -4.28. The third kappa shape index (κ3) is 10.6. The van der Waals surface area contributed by atoms with E-state index in [4.69, 9.17) is 20.4 Å². The predicted octanol–water partition coefficient (Wildman–Crippen LogP) is 14.0. The number of furan rings is 2. The van der Waals surface area contributed by atoms with E-state index in [0.29, 0.717) is 0 Å². The lowest BCUT2D eigenvalue weighted by molar-refractivity contribution is 0.430. The Morgan fingerprint density at radius 2 is 1.08 bits per heavy atom. The summed E-state index contributed by atoms with van der Waals surface area (Å²) in [4.78, 5) is 0. The number of aromatic nitrogens is 2. The van der Waals surface area contributed by atoms with Gasteiger partial charge in [-0.3, -0.25) is 5.10 Å². The van der Waals surface area contributed by atoms with Gasteiger partial charge in [0.2, 0.25) is 0 Å². The van der Waals surface area contributed by atoms with Crippen LogP contribution >= 0.6 is 11.6 Å². The van der Waals surface area contributed by atoms with E-state index in [-0.39, 0.29) is 21.7 Å². The van der Waals surface area contributed by atoms with Gasteiger partial charge in [-0.15, -0.1) is 0 Å². The van der Waals surface area contributed by atoms with E-state index in [2.05, 4.69) is 154 Å². The van der Waals surface area contributed by atoms with Crippen molar-refractivity contribution in [3.8, 4) is 0 Å². The number of rotatable bonds is 0. The highest BCUT2D eigenvalue weighted by Crippen LogP contribution is 2.29. The Kier molecular flexibility index (Phi) is 11.8. The first-order valence-electron chi connectivity index (χ1n) is 17.4. The van der Waals surface area contributed by atoms with E-state index in [0.717, 1.165) is 27.5 Å². The van der Waals surface area contributed by atoms with Crippen molar-refractivity contribution in [3.05, 3.63) is 137 Å². The summed E-state index contributed by atoms with van der Waals surface area (Å²) >= 11 is 5.76. The molecule has 0 spiro atoms. The standard InChI is InChI=1S/2C12H14O.C11H14N2.C10H13Cl/c1-12(2,3)10-5-4-9-6-7-13-11(9)8-10;1-12(2,3)11-8-9-6-4-5-7-10(9)13-11;1-11(2,3)9-5-4-8-7-12-13-10(8)6-9;1-10(2,3)8-4-6-9(11)7-5-8/h2*4-8H,1-3H3;4-7H,1-3H3,(H,12,13);4-7H,1-3H3. The topological polar surface area (TPSA) is 55.0 Å². The molecule has 264 valence electrons. The van der Waals surface area contributed by atoms with Crippen LogP contribution < -0.4 is 0 Å². The van der Waals surface area contributed by atoms with Crippen LogP contribution in [0.1, 0.15) is 106 Å². The maximum Gasteiger partial charge on any atom is 0.134 e. The van der Waals surface area contributed by atoms with Gasteiger partial charge in [-0.25, -0.2) is 0 Å². The highest BCUT2D eigenvalue weighted by Gasteiger charge is 2.18. The molecule has 3 aromatic heterocycles. The lowest BCUT2D eigenvalue weighted by Gasteiger charge is -2.18. The molecule has 5 heteroatoms. The van der Waals surface area contributed by atoms with Gasteiger partial charge < -0.3 is 8.83 Å². The first-order valence-corrected chi connectivity index (χ1v) is 17.8. The Bertz CT molecular complexity index is 1970. The molecule has 0 aliphatic rings. The number of nitrogens with one attached hydrogen (secondary N) is 1. The summed E-state index contributed by atoms with van der Waals surface area (Å²) in [5.74, 6) is 1.05. The van der Waals surface area contributed by atoms with Crippen LogP contribution in [0.3, 0.4) is 0 Å². The van der Waals surface area contributed by atoms with Gasteiger partial charge in [-0.05, 0) is 75.4 Å². The number of benzene rings is 4. The second-order valence-corrected chi connectivity index (χ2v) is 17.4. The van der Waals surface area contributed by atoms with Crippen molar-refractivity contribution in [2.45, 2.75) is 105 Å². The van der Waals surface area contributed by atoms with Gasteiger partial charge in [0.05, 0.1) is 18.0 Å². The zero-order valence-corrected chi connectivity index (χ0v) is 32.8. The van der Waals surface area contributed by atoms with E-state index >= 15 is 0 Å². The summed E-state index contributed by atoms with van der Waals surface area (Å²) in [6.07, 6.45) is 3.58. The van der Waals surface area contributed by atoms with Crippen molar-refractivity contribution >= 4 is 44.4 Å². The number of hydrogen-bond donors (Lipinski definition) is 1. The number of halogens is 1. The lowest BCUT2D eigenvalue weighted by Crippen LogP contribution is -2.10. The third-order valence-corrected chi connectivity index (χ3v) is 8.76. The van der Waals surface area contributed by atoms with Crippen LogP contribution in [-0.4, -0.2) is 10.2 Å². The molecular formula is C45H55ClN2O2. The molecular weight excluding hydrogens is 636 g/mol. The van der Waals surface area contributed by atoms with Gasteiger partial charge in [0.1, 0.15) is 16.9 Å². The second kappa shape index (κ2) is 15.3. The zero-order valence-electron chi connectivity index (χ0n) is 32.0. The summed E-state index contributed by atoms with van der Waals surface area (Å²) in [5, 5.41) is 11.3. The monoisotopic (exact) mass is 690 g/mol. The van der Waals surface area contributed by atoms with Crippen molar-refractivity contribution in [3.63, 3.8) is 0 Å². The van der Waals surface area contributed by atoms with Gasteiger partial charge in [0, 0.05) is 26.6 Å². The minimum absolute atomic E-state index is 0.0962. The van der Waals surface area contributed by atoms with Crippen LogP contribution in [0.2, 0.25) is 5.02 Å². The number of H-pyrrole nitrogens is 1. The van der Waals surface area contributed by atoms with Crippen LogP contribution in [0, 0.1) is 0 Å². The van der Waals surface area contributed by atoms with E-state index in [1.165, 1.54) is 32.8 Å². The summed E-state index contributed by atoms with van der Waals surface area (Å²) in [7, 11) is 0. The molecule has 7 aromatic rings. The number of nitrogens with zero attached hydrogens (tertiary/aromatic N) is 1. The quantitative estimate of drug-likeness (QED) is 0.172. The molecule has 0 saturated heterocycles. The summed E-state index contributed by atoms with van der Waals surface area (Å²) in [6, 6.07) is 33.1. The van der Waals surface area contributed by atoms with Crippen LogP contribution in [0.25, 0.3) is 32.8 Å². The number of hydrogen-bond acceptors (Lipinski definition) is 3. The van der Waals surface area contributed by atoms with E-state index in [1.54, 1.807) is 6.26 Å². The Balaban J connectivity index is 0.000000150. The summed E-state index contributed by atoms with van der Waals surface area (Å²) in [6.45, 7) is 26.3. The highest BCUT2D eigenvalue weighted by molar-refractivity contribution is 6.30. The molecule has 0 atom stereocenters. The first kappa shape index (κ1) is 38.5. The van der Waals surface area contributed by atoms with Gasteiger partial charge >= 0.3 is 0 Å². The number of fused-ring (bicyclic) bond motifs is 3. The number of aromatic amines is 1. The minimum atomic E-state index is 0.0962. The van der Waals surface area contributed by atoms with Crippen LogP contribution in [-0.2, 0) is 21.7 Å².